The van der Waals surface area contributed by atoms with Gasteiger partial charge in [0.25, 0.3) is 0 Å². The summed E-state index contributed by atoms with van der Waals surface area (Å²) in [6.45, 7) is 2.01. The van der Waals surface area contributed by atoms with E-state index in [0.29, 0.717) is 0 Å². The van der Waals surface area contributed by atoms with E-state index in [1.54, 1.807) is 31.0 Å². The number of aromatic hydroxyl groups is 1. The average molecular weight is 289 g/mol. The Morgan fingerprint density at radius 2 is 1.85 bits per heavy atom. The van der Waals surface area contributed by atoms with Crippen LogP contribution in [0.3, 0.4) is 0 Å². The van der Waals surface area contributed by atoms with Crippen molar-refractivity contribution in [2.45, 2.75) is 17.9 Å². The van der Waals surface area contributed by atoms with Crippen molar-refractivity contribution in [1.29, 1.82) is 0 Å². The van der Waals surface area contributed by atoms with E-state index in [0.717, 1.165) is 17.0 Å². The second-order valence-corrected chi connectivity index (χ2v) is 5.40. The molecule has 3 nitrogen and oxygen atoms in total. The lowest BCUT2D eigenvalue weighted by Crippen LogP contribution is -2.07. The van der Waals surface area contributed by atoms with Crippen LogP contribution in [0.5, 0.6) is 11.5 Å². The first-order valence-corrected chi connectivity index (χ1v) is 7.64. The van der Waals surface area contributed by atoms with Gasteiger partial charge in [-0.2, -0.15) is 0 Å². The van der Waals surface area contributed by atoms with Gasteiger partial charge in [-0.25, -0.2) is 0 Å². The first kappa shape index (κ1) is 14.6. The number of anilines is 1. The van der Waals surface area contributed by atoms with E-state index in [-0.39, 0.29) is 11.8 Å². The molecular formula is C16H19NO2S. The fraction of sp³-hybridized carbons (Fsp3) is 0.250. The van der Waals surface area contributed by atoms with E-state index in [2.05, 4.69) is 23.7 Å². The fourth-order valence-corrected chi connectivity index (χ4v) is 2.43. The van der Waals surface area contributed by atoms with Crippen molar-refractivity contribution in [3.05, 3.63) is 48.0 Å². The predicted molar refractivity (Wildman–Crippen MR) is 84.9 cm³/mol. The van der Waals surface area contributed by atoms with Crippen LogP contribution < -0.4 is 10.1 Å². The number of nitrogens with one attached hydrogen (secondary N) is 1. The number of methoxy groups -OCH3 is 1. The highest BCUT2D eigenvalue weighted by molar-refractivity contribution is 7.98. The second kappa shape index (κ2) is 6.57. The van der Waals surface area contributed by atoms with Crippen molar-refractivity contribution in [3.8, 4) is 11.5 Å². The number of phenolic OH excluding ortho intramolecular Hbond substituents is 1. The Morgan fingerprint density at radius 3 is 2.45 bits per heavy atom. The third-order valence-corrected chi connectivity index (χ3v) is 3.92. The van der Waals surface area contributed by atoms with Crippen molar-refractivity contribution >= 4 is 17.4 Å². The Balaban J connectivity index is 2.16. The van der Waals surface area contributed by atoms with Crippen LogP contribution >= 0.6 is 11.8 Å². The van der Waals surface area contributed by atoms with E-state index in [1.165, 1.54) is 4.90 Å². The van der Waals surface area contributed by atoms with Gasteiger partial charge in [0.1, 0.15) is 11.5 Å². The molecule has 106 valence electrons. The summed E-state index contributed by atoms with van der Waals surface area (Å²) >= 11 is 1.72. The lowest BCUT2D eigenvalue weighted by atomic mass is 10.1. The van der Waals surface area contributed by atoms with E-state index >= 15 is 0 Å². The van der Waals surface area contributed by atoms with E-state index < -0.39 is 0 Å². The van der Waals surface area contributed by atoms with Crippen molar-refractivity contribution < 1.29 is 9.84 Å². The molecular weight excluding hydrogens is 270 g/mol. The summed E-state index contributed by atoms with van der Waals surface area (Å²) in [4.78, 5) is 1.23. The molecule has 0 bridgehead atoms. The van der Waals surface area contributed by atoms with Gasteiger partial charge in [-0.3, -0.25) is 0 Å². The van der Waals surface area contributed by atoms with Crippen LogP contribution in [0.25, 0.3) is 0 Å². The van der Waals surface area contributed by atoms with Gasteiger partial charge in [0.15, 0.2) is 0 Å². The quantitative estimate of drug-likeness (QED) is 0.805. The molecule has 1 unspecified atom stereocenters. The largest absolute Gasteiger partial charge is 0.508 e. The molecule has 2 rings (SSSR count). The Hall–Kier alpha value is -1.81. The molecule has 4 heteroatoms. The van der Waals surface area contributed by atoms with Crippen LogP contribution in [-0.4, -0.2) is 18.5 Å². The molecule has 0 saturated heterocycles. The van der Waals surface area contributed by atoms with Gasteiger partial charge in [-0.1, -0.05) is 0 Å². The molecule has 0 fully saturated rings. The lowest BCUT2D eigenvalue weighted by Gasteiger charge is -2.18. The minimum atomic E-state index is -0.00905. The smallest absolute Gasteiger partial charge is 0.121 e. The zero-order valence-corrected chi connectivity index (χ0v) is 12.7. The summed E-state index contributed by atoms with van der Waals surface area (Å²) in [5, 5.41) is 13.3. The second-order valence-electron chi connectivity index (χ2n) is 4.52. The van der Waals surface area contributed by atoms with Gasteiger partial charge < -0.3 is 15.2 Å². The van der Waals surface area contributed by atoms with Crippen LogP contribution in [-0.2, 0) is 0 Å². The normalized spacial score (nSPS) is 11.9. The molecule has 1 atom stereocenters. The Morgan fingerprint density at radius 1 is 1.15 bits per heavy atom. The van der Waals surface area contributed by atoms with E-state index in [9.17, 15) is 5.11 Å². The third kappa shape index (κ3) is 3.39. The average Bonchev–Trinajstić information content (AvgIpc) is 2.48. The van der Waals surface area contributed by atoms with Crippen LogP contribution in [0.2, 0.25) is 0 Å². The maximum absolute atomic E-state index is 9.96. The third-order valence-electron chi connectivity index (χ3n) is 3.17. The number of ether oxygens (including phenoxy) is 1. The lowest BCUT2D eigenvalue weighted by molar-refractivity contribution is 0.410. The molecule has 0 heterocycles. The molecule has 0 aliphatic rings. The number of rotatable bonds is 5. The van der Waals surface area contributed by atoms with Crippen molar-refractivity contribution in [2.75, 3.05) is 18.7 Å². The molecule has 0 amide bonds. The molecule has 20 heavy (non-hydrogen) atoms. The number of phenols is 1. The van der Waals surface area contributed by atoms with E-state index in [4.69, 9.17) is 4.74 Å². The summed E-state index contributed by atoms with van der Waals surface area (Å²) in [7, 11) is 1.62. The number of hydrogen-bond donors (Lipinski definition) is 2. The summed E-state index contributed by atoms with van der Waals surface area (Å²) in [5.41, 5.74) is 1.84. The molecule has 0 aliphatic carbocycles. The Bertz CT molecular complexity index is 569. The SMILES string of the molecule is COc1ccc(O)c(C(C)Nc2ccc(SC)cc2)c1. The maximum Gasteiger partial charge on any atom is 0.121 e. The summed E-state index contributed by atoms with van der Waals surface area (Å²) in [6.07, 6.45) is 2.05. The van der Waals surface area contributed by atoms with Gasteiger partial charge in [-0.05, 0) is 55.6 Å². The minimum Gasteiger partial charge on any atom is -0.508 e. The summed E-state index contributed by atoms with van der Waals surface area (Å²) in [5.74, 6) is 1.01. The topological polar surface area (TPSA) is 41.5 Å². The number of hydrogen-bond acceptors (Lipinski definition) is 4. The number of thioether (sulfide) groups is 1. The highest BCUT2D eigenvalue weighted by atomic mass is 32.2. The Kier molecular flexibility index (Phi) is 4.79. The molecule has 0 spiro atoms. The van der Waals surface area contributed by atoms with Gasteiger partial charge in [-0.15, -0.1) is 11.8 Å². The van der Waals surface area contributed by atoms with Gasteiger partial charge in [0.05, 0.1) is 13.2 Å². The van der Waals surface area contributed by atoms with E-state index in [1.807, 2.05) is 25.1 Å². The first-order chi connectivity index (χ1) is 9.63. The summed E-state index contributed by atoms with van der Waals surface area (Å²) < 4.78 is 5.20. The monoisotopic (exact) mass is 289 g/mol. The molecule has 0 radical (unpaired) electrons. The maximum atomic E-state index is 9.96. The fourth-order valence-electron chi connectivity index (χ4n) is 2.02. The van der Waals surface area contributed by atoms with Gasteiger partial charge in [0, 0.05) is 16.1 Å². The van der Waals surface area contributed by atoms with Crippen LogP contribution in [0.4, 0.5) is 5.69 Å². The first-order valence-electron chi connectivity index (χ1n) is 6.41. The standard InChI is InChI=1S/C16H19NO2S/c1-11(15-10-13(19-2)6-9-16(15)18)17-12-4-7-14(20-3)8-5-12/h4-11,17-18H,1-3H3. The summed E-state index contributed by atoms with van der Waals surface area (Å²) in [6, 6.07) is 13.5. The van der Waals surface area contributed by atoms with Crippen LogP contribution in [0.1, 0.15) is 18.5 Å². The number of benzene rings is 2. The highest BCUT2D eigenvalue weighted by Gasteiger charge is 2.11. The van der Waals surface area contributed by atoms with Gasteiger partial charge >= 0.3 is 0 Å². The van der Waals surface area contributed by atoms with Crippen molar-refractivity contribution in [2.24, 2.45) is 0 Å². The molecule has 0 aromatic heterocycles. The van der Waals surface area contributed by atoms with Crippen molar-refractivity contribution in [3.63, 3.8) is 0 Å². The van der Waals surface area contributed by atoms with Gasteiger partial charge in [0.2, 0.25) is 0 Å². The Labute approximate surface area is 124 Å². The molecule has 2 aromatic rings. The highest BCUT2D eigenvalue weighted by Crippen LogP contribution is 2.30. The minimum absolute atomic E-state index is 0.00905. The van der Waals surface area contributed by atoms with Crippen molar-refractivity contribution in [1.82, 2.24) is 0 Å². The van der Waals surface area contributed by atoms with Crippen LogP contribution in [0.15, 0.2) is 47.4 Å². The molecule has 2 aromatic carbocycles. The molecule has 2 N–H and O–H groups in total. The zero-order valence-electron chi connectivity index (χ0n) is 11.9. The zero-order chi connectivity index (χ0) is 14.5. The predicted octanol–water partition coefficient (Wildman–Crippen LogP) is 4.30. The molecule has 0 aliphatic heterocycles. The molecule has 0 saturated carbocycles. The van der Waals surface area contributed by atoms with Crippen LogP contribution in [0, 0.1) is 0 Å².